The zero-order chi connectivity index (χ0) is 23.8. The van der Waals surface area contributed by atoms with Crippen molar-refractivity contribution in [3.8, 4) is 0 Å². The van der Waals surface area contributed by atoms with Gasteiger partial charge < -0.3 is 9.64 Å². The summed E-state index contributed by atoms with van der Waals surface area (Å²) in [5, 5.41) is 0. The number of benzene rings is 1. The molecule has 1 aliphatic rings. The first-order chi connectivity index (χ1) is 15.9. The van der Waals surface area contributed by atoms with Crippen molar-refractivity contribution in [2.75, 3.05) is 39.8 Å². The van der Waals surface area contributed by atoms with E-state index in [1.165, 1.54) is 23.2 Å². The van der Waals surface area contributed by atoms with Crippen LogP contribution < -0.4 is 0 Å². The van der Waals surface area contributed by atoms with E-state index in [2.05, 4.69) is 26.8 Å². The number of carbonyl (C=O) groups is 2. The molecular formula is C23H30N4O5S. The number of nitrogens with zero attached hydrogens (tertiary/aromatic N) is 4. The van der Waals surface area contributed by atoms with Crippen LogP contribution in [0.2, 0.25) is 0 Å². The van der Waals surface area contributed by atoms with Gasteiger partial charge in [0, 0.05) is 52.4 Å². The number of piperazine rings is 1. The Bertz CT molecular complexity index is 1030. The summed E-state index contributed by atoms with van der Waals surface area (Å²) in [4.78, 5) is 31.4. The number of methoxy groups -OCH3 is 1. The molecule has 0 saturated carbocycles. The lowest BCUT2D eigenvalue weighted by Crippen LogP contribution is -2.47. The van der Waals surface area contributed by atoms with Crippen LogP contribution in [0.4, 0.5) is 0 Å². The minimum atomic E-state index is -2.78. The van der Waals surface area contributed by atoms with Gasteiger partial charge in [-0.2, -0.15) is 4.31 Å². The van der Waals surface area contributed by atoms with Crippen molar-refractivity contribution in [2.45, 2.75) is 26.4 Å². The molecule has 0 bridgehead atoms. The lowest BCUT2D eigenvalue weighted by molar-refractivity contribution is -0.130. The van der Waals surface area contributed by atoms with E-state index in [-0.39, 0.29) is 12.5 Å². The Morgan fingerprint density at radius 2 is 1.82 bits per heavy atom. The third-order valence-electron chi connectivity index (χ3n) is 5.70. The fourth-order valence-electron chi connectivity index (χ4n) is 3.78. The Morgan fingerprint density at radius 3 is 2.42 bits per heavy atom. The van der Waals surface area contributed by atoms with Gasteiger partial charge in [-0.3, -0.25) is 14.7 Å². The molecule has 0 unspecified atom stereocenters. The highest BCUT2D eigenvalue weighted by atomic mass is 32.2. The first-order valence-electron chi connectivity index (χ1n) is 10.8. The van der Waals surface area contributed by atoms with Crippen LogP contribution in [0, 0.1) is 0 Å². The lowest BCUT2D eigenvalue weighted by Gasteiger charge is -2.34. The Kier molecular flexibility index (Phi) is 8.93. The number of aromatic nitrogens is 1. The van der Waals surface area contributed by atoms with Gasteiger partial charge in [-0.15, -0.1) is 0 Å². The van der Waals surface area contributed by atoms with Crippen LogP contribution in [-0.4, -0.2) is 79.2 Å². The zero-order valence-electron chi connectivity index (χ0n) is 19.0. The van der Waals surface area contributed by atoms with Gasteiger partial charge in [0.1, 0.15) is 0 Å². The van der Waals surface area contributed by atoms with E-state index < -0.39 is 16.9 Å². The summed E-state index contributed by atoms with van der Waals surface area (Å²) in [5.41, 5.74) is 3.10. The maximum Gasteiger partial charge on any atom is 0.339 e. The fourth-order valence-corrected chi connectivity index (χ4v) is 4.31. The van der Waals surface area contributed by atoms with Crippen molar-refractivity contribution >= 4 is 22.8 Å². The monoisotopic (exact) mass is 474 g/mol. The van der Waals surface area contributed by atoms with Gasteiger partial charge in [0.15, 0.2) is 0 Å². The van der Waals surface area contributed by atoms with Crippen molar-refractivity contribution in [2.24, 2.45) is 0 Å². The topological polar surface area (TPSA) is 100 Å². The molecule has 1 aromatic heterocycles. The van der Waals surface area contributed by atoms with Crippen LogP contribution in [0.15, 0.2) is 42.6 Å². The third kappa shape index (κ3) is 7.34. The Morgan fingerprint density at radius 1 is 1.09 bits per heavy atom. The average Bonchev–Trinajstić information content (AvgIpc) is 2.82. The molecule has 2 heterocycles. The second kappa shape index (κ2) is 11.9. The number of ether oxygens (including phenoxy) is 1. The second-order valence-corrected chi connectivity index (χ2v) is 9.05. The molecule has 178 valence electrons. The summed E-state index contributed by atoms with van der Waals surface area (Å²) in [7, 11) is -1.48. The molecule has 1 aliphatic heterocycles. The van der Waals surface area contributed by atoms with Crippen LogP contribution in [0.3, 0.4) is 0 Å². The summed E-state index contributed by atoms with van der Waals surface area (Å²) in [6.45, 7) is 6.05. The van der Waals surface area contributed by atoms with E-state index >= 15 is 0 Å². The van der Waals surface area contributed by atoms with Gasteiger partial charge in [0.2, 0.25) is 16.8 Å². The predicted octanol–water partition coefficient (Wildman–Crippen LogP) is 1.10. The van der Waals surface area contributed by atoms with Crippen molar-refractivity contribution < 1.29 is 22.7 Å². The maximum atomic E-state index is 11.8. The van der Waals surface area contributed by atoms with Crippen LogP contribution in [0.5, 0.6) is 0 Å². The number of amides is 1. The molecule has 33 heavy (non-hydrogen) atoms. The summed E-state index contributed by atoms with van der Waals surface area (Å²) < 4.78 is 29.6. The minimum absolute atomic E-state index is 0.118. The summed E-state index contributed by atoms with van der Waals surface area (Å²) in [5.74, 6) is -0.367. The van der Waals surface area contributed by atoms with Crippen LogP contribution >= 0.6 is 0 Å². The molecule has 0 radical (unpaired) electrons. The number of pyridine rings is 1. The normalized spacial score (nSPS) is 14.6. The first-order valence-corrected chi connectivity index (χ1v) is 12.0. The van der Waals surface area contributed by atoms with Crippen LogP contribution in [0.25, 0.3) is 0 Å². The van der Waals surface area contributed by atoms with Gasteiger partial charge >= 0.3 is 5.97 Å². The van der Waals surface area contributed by atoms with E-state index in [0.717, 1.165) is 38.3 Å². The third-order valence-corrected chi connectivity index (χ3v) is 6.50. The molecule has 0 atom stereocenters. The van der Waals surface area contributed by atoms with E-state index in [1.807, 2.05) is 17.0 Å². The Balaban J connectivity index is 1.55. The Labute approximate surface area is 196 Å². The number of hydrogen-bond donors (Lipinski definition) is 1. The number of esters is 1. The van der Waals surface area contributed by atoms with E-state index in [9.17, 15) is 18.0 Å². The van der Waals surface area contributed by atoms with E-state index in [4.69, 9.17) is 0 Å². The standard InChI is InChI=1S/C23H30N4O5S/c1-18(28)26-12-10-25(11-13-26)16-20-5-3-4-19(14-20)8-9-27(33(30)31)17-22-7-6-21(15-24-22)23(29)32-2/h3-7,14-15,33H,8-13,16-17H2,1-2H3. The predicted molar refractivity (Wildman–Crippen MR) is 124 cm³/mol. The van der Waals surface area contributed by atoms with E-state index in [0.29, 0.717) is 24.2 Å². The largest absolute Gasteiger partial charge is 0.465 e. The minimum Gasteiger partial charge on any atom is -0.465 e. The number of carbonyl (C=O) groups excluding carboxylic acids is 2. The molecule has 1 saturated heterocycles. The van der Waals surface area contributed by atoms with Crippen LogP contribution in [0.1, 0.15) is 34.1 Å². The smallest absolute Gasteiger partial charge is 0.339 e. The summed E-state index contributed by atoms with van der Waals surface area (Å²) >= 11 is 0. The van der Waals surface area contributed by atoms with Gasteiger partial charge in [-0.05, 0) is 29.7 Å². The number of rotatable bonds is 9. The first kappa shape index (κ1) is 24.8. The number of hydrogen-bond acceptors (Lipinski definition) is 7. The SMILES string of the molecule is COC(=O)c1ccc(CN(CCc2cccc(CN3CCN(C(C)=O)CC3)c2)[SH](=O)=O)nc1. The van der Waals surface area contributed by atoms with Gasteiger partial charge in [0.25, 0.3) is 0 Å². The molecule has 0 N–H and O–H groups in total. The fraction of sp³-hybridized carbons (Fsp3) is 0.435. The van der Waals surface area contributed by atoms with Crippen molar-refractivity contribution in [3.05, 3.63) is 65.0 Å². The molecule has 3 rings (SSSR count). The van der Waals surface area contributed by atoms with Crippen molar-refractivity contribution in [1.82, 2.24) is 19.1 Å². The second-order valence-electron chi connectivity index (χ2n) is 8.01. The number of thiol groups is 1. The van der Waals surface area contributed by atoms with Gasteiger partial charge in [-0.1, -0.05) is 24.3 Å². The maximum absolute atomic E-state index is 11.8. The molecule has 10 heteroatoms. The lowest BCUT2D eigenvalue weighted by atomic mass is 10.1. The molecule has 1 amide bonds. The highest BCUT2D eigenvalue weighted by molar-refractivity contribution is 7.69. The van der Waals surface area contributed by atoms with Gasteiger partial charge in [0.05, 0.1) is 24.9 Å². The molecule has 0 aliphatic carbocycles. The highest BCUT2D eigenvalue weighted by Crippen LogP contribution is 2.13. The Hall–Kier alpha value is -2.82. The molecule has 1 fully saturated rings. The van der Waals surface area contributed by atoms with Gasteiger partial charge in [-0.25, -0.2) is 13.2 Å². The van der Waals surface area contributed by atoms with Crippen LogP contribution in [-0.2, 0) is 39.9 Å². The molecular weight excluding hydrogens is 444 g/mol. The average molecular weight is 475 g/mol. The quantitative estimate of drug-likeness (QED) is 0.429. The van der Waals surface area contributed by atoms with Crippen molar-refractivity contribution in [3.63, 3.8) is 0 Å². The van der Waals surface area contributed by atoms with E-state index in [1.54, 1.807) is 19.1 Å². The summed E-state index contributed by atoms with van der Waals surface area (Å²) in [6, 6.07) is 11.4. The van der Waals surface area contributed by atoms with Crippen molar-refractivity contribution in [1.29, 1.82) is 0 Å². The highest BCUT2D eigenvalue weighted by Gasteiger charge is 2.18. The summed E-state index contributed by atoms with van der Waals surface area (Å²) in [6.07, 6.45) is 1.96. The molecule has 0 spiro atoms. The zero-order valence-corrected chi connectivity index (χ0v) is 19.9. The molecule has 1 aromatic carbocycles. The molecule has 9 nitrogen and oxygen atoms in total. The molecule has 2 aromatic rings.